The van der Waals surface area contributed by atoms with Gasteiger partial charge in [0.15, 0.2) is 5.76 Å². The maximum atomic E-state index is 12.5. The standard InChI is InChI=1S/C18H15BrN2O4/c1-10-14-9-11(19)3-8-15(14)25-16(10)17(22)20-12-4-6-13(7-5-12)21-18(23)24-2/h3-9H,1-2H3,(H,20,22)(H,21,23). The molecule has 0 saturated carbocycles. The summed E-state index contributed by atoms with van der Waals surface area (Å²) in [4.78, 5) is 23.6. The summed E-state index contributed by atoms with van der Waals surface area (Å²) in [5, 5.41) is 6.21. The molecule has 0 radical (unpaired) electrons. The van der Waals surface area contributed by atoms with Crippen LogP contribution in [0.2, 0.25) is 0 Å². The molecule has 0 unspecified atom stereocenters. The molecule has 0 aliphatic heterocycles. The van der Waals surface area contributed by atoms with Crippen LogP contribution < -0.4 is 10.6 Å². The molecule has 0 aliphatic carbocycles. The number of anilines is 2. The van der Waals surface area contributed by atoms with E-state index in [0.717, 1.165) is 15.4 Å². The Bertz CT molecular complexity index is 948. The molecule has 0 saturated heterocycles. The number of fused-ring (bicyclic) bond motifs is 1. The number of carbonyl (C=O) groups is 2. The minimum Gasteiger partial charge on any atom is -0.453 e. The first-order valence-corrected chi connectivity index (χ1v) is 8.22. The molecule has 25 heavy (non-hydrogen) atoms. The molecule has 7 heteroatoms. The third-order valence-electron chi connectivity index (χ3n) is 3.68. The Morgan fingerprint density at radius 1 is 1.04 bits per heavy atom. The van der Waals surface area contributed by atoms with E-state index in [2.05, 4.69) is 31.3 Å². The minimum atomic E-state index is -0.555. The van der Waals surface area contributed by atoms with Crippen LogP contribution >= 0.6 is 15.9 Å². The molecular weight excluding hydrogens is 388 g/mol. The molecule has 2 aromatic carbocycles. The highest BCUT2D eigenvalue weighted by molar-refractivity contribution is 9.10. The van der Waals surface area contributed by atoms with Crippen LogP contribution in [-0.2, 0) is 4.74 Å². The third-order valence-corrected chi connectivity index (χ3v) is 4.17. The number of halogens is 1. The Morgan fingerprint density at radius 3 is 2.32 bits per heavy atom. The second kappa shape index (κ2) is 6.98. The lowest BCUT2D eigenvalue weighted by molar-refractivity contribution is 0.0998. The Kier molecular flexibility index (Phi) is 4.76. The lowest BCUT2D eigenvalue weighted by Gasteiger charge is -2.06. The van der Waals surface area contributed by atoms with E-state index in [1.165, 1.54) is 7.11 Å². The van der Waals surface area contributed by atoms with Gasteiger partial charge in [0.2, 0.25) is 0 Å². The van der Waals surface area contributed by atoms with Crippen molar-refractivity contribution in [3.63, 3.8) is 0 Å². The largest absolute Gasteiger partial charge is 0.453 e. The average Bonchev–Trinajstić information content (AvgIpc) is 2.93. The number of amides is 2. The van der Waals surface area contributed by atoms with Crippen molar-refractivity contribution in [1.29, 1.82) is 0 Å². The second-order valence-corrected chi connectivity index (χ2v) is 6.26. The molecule has 0 spiro atoms. The third kappa shape index (κ3) is 3.66. The van der Waals surface area contributed by atoms with Gasteiger partial charge >= 0.3 is 6.09 Å². The van der Waals surface area contributed by atoms with Gasteiger partial charge in [0.05, 0.1) is 7.11 Å². The zero-order chi connectivity index (χ0) is 18.0. The average molecular weight is 403 g/mol. The Balaban J connectivity index is 1.78. The van der Waals surface area contributed by atoms with Gasteiger partial charge in [0.1, 0.15) is 5.58 Å². The number of rotatable bonds is 3. The first kappa shape index (κ1) is 17.0. The van der Waals surface area contributed by atoms with Gasteiger partial charge in [0.25, 0.3) is 5.91 Å². The summed E-state index contributed by atoms with van der Waals surface area (Å²) in [5.74, 6) is -0.0663. The number of carbonyl (C=O) groups excluding carboxylic acids is 2. The van der Waals surface area contributed by atoms with E-state index in [1.54, 1.807) is 24.3 Å². The molecule has 0 aliphatic rings. The van der Waals surface area contributed by atoms with Crippen LogP contribution in [0.4, 0.5) is 16.2 Å². The summed E-state index contributed by atoms with van der Waals surface area (Å²) in [7, 11) is 1.29. The van der Waals surface area contributed by atoms with Crippen LogP contribution in [-0.4, -0.2) is 19.1 Å². The molecule has 3 aromatic rings. The number of methoxy groups -OCH3 is 1. The zero-order valence-corrected chi connectivity index (χ0v) is 15.1. The number of aryl methyl sites for hydroxylation is 1. The van der Waals surface area contributed by atoms with Gasteiger partial charge in [-0.2, -0.15) is 0 Å². The molecule has 0 bridgehead atoms. The maximum Gasteiger partial charge on any atom is 0.411 e. The second-order valence-electron chi connectivity index (χ2n) is 5.34. The molecule has 2 amide bonds. The molecule has 6 nitrogen and oxygen atoms in total. The fourth-order valence-electron chi connectivity index (χ4n) is 2.40. The smallest absolute Gasteiger partial charge is 0.411 e. The Labute approximate surface area is 152 Å². The summed E-state index contributed by atoms with van der Waals surface area (Å²) in [6, 6.07) is 12.3. The predicted octanol–water partition coefficient (Wildman–Crippen LogP) is 4.93. The van der Waals surface area contributed by atoms with Crippen LogP contribution in [0.3, 0.4) is 0 Å². The van der Waals surface area contributed by atoms with Gasteiger partial charge in [-0.25, -0.2) is 4.79 Å². The quantitative estimate of drug-likeness (QED) is 0.650. The number of nitrogens with one attached hydrogen (secondary N) is 2. The molecule has 1 aromatic heterocycles. The molecule has 128 valence electrons. The van der Waals surface area contributed by atoms with Crippen LogP contribution in [0, 0.1) is 6.92 Å². The van der Waals surface area contributed by atoms with Crippen molar-refractivity contribution in [3.05, 3.63) is 58.3 Å². The van der Waals surface area contributed by atoms with Gasteiger partial charge in [-0.1, -0.05) is 15.9 Å². The summed E-state index contributed by atoms with van der Waals surface area (Å²) in [5.41, 5.74) is 2.58. The van der Waals surface area contributed by atoms with Gasteiger partial charge < -0.3 is 14.5 Å². The van der Waals surface area contributed by atoms with Crippen LogP contribution in [0.1, 0.15) is 16.1 Å². The van der Waals surface area contributed by atoms with E-state index >= 15 is 0 Å². The van der Waals surface area contributed by atoms with E-state index < -0.39 is 6.09 Å². The van der Waals surface area contributed by atoms with E-state index in [4.69, 9.17) is 4.42 Å². The van der Waals surface area contributed by atoms with Gasteiger partial charge in [-0.15, -0.1) is 0 Å². The number of furan rings is 1. The molecule has 0 fully saturated rings. The number of ether oxygens (including phenoxy) is 1. The highest BCUT2D eigenvalue weighted by Crippen LogP contribution is 2.28. The van der Waals surface area contributed by atoms with Crippen LogP contribution in [0.5, 0.6) is 0 Å². The van der Waals surface area contributed by atoms with E-state index in [1.807, 2.05) is 25.1 Å². The number of hydrogen-bond acceptors (Lipinski definition) is 4. The lowest BCUT2D eigenvalue weighted by Crippen LogP contribution is -2.13. The monoisotopic (exact) mass is 402 g/mol. The first-order chi connectivity index (χ1) is 12.0. The minimum absolute atomic E-state index is 0.268. The molecule has 1 heterocycles. The van der Waals surface area contributed by atoms with Gasteiger partial charge in [-0.3, -0.25) is 10.1 Å². The SMILES string of the molecule is COC(=O)Nc1ccc(NC(=O)c2oc3ccc(Br)cc3c2C)cc1. The molecular formula is C18H15BrN2O4. The predicted molar refractivity (Wildman–Crippen MR) is 99.1 cm³/mol. The van der Waals surface area contributed by atoms with Crippen molar-refractivity contribution in [2.75, 3.05) is 17.7 Å². The van der Waals surface area contributed by atoms with Crippen molar-refractivity contribution in [3.8, 4) is 0 Å². The van der Waals surface area contributed by atoms with Gasteiger partial charge in [-0.05, 0) is 49.4 Å². The van der Waals surface area contributed by atoms with E-state index in [0.29, 0.717) is 17.0 Å². The van der Waals surface area contributed by atoms with Crippen molar-refractivity contribution >= 4 is 50.3 Å². The lowest BCUT2D eigenvalue weighted by atomic mass is 10.1. The van der Waals surface area contributed by atoms with Crippen LogP contribution in [0.15, 0.2) is 51.4 Å². The highest BCUT2D eigenvalue weighted by Gasteiger charge is 2.18. The molecule has 2 N–H and O–H groups in total. The fourth-order valence-corrected chi connectivity index (χ4v) is 2.76. The summed E-state index contributed by atoms with van der Waals surface area (Å²) >= 11 is 3.41. The molecule has 0 atom stereocenters. The zero-order valence-electron chi connectivity index (χ0n) is 13.6. The van der Waals surface area contributed by atoms with Crippen molar-refractivity contribution in [2.24, 2.45) is 0 Å². The summed E-state index contributed by atoms with van der Waals surface area (Å²) in [6.45, 7) is 1.84. The summed E-state index contributed by atoms with van der Waals surface area (Å²) < 4.78 is 11.1. The topological polar surface area (TPSA) is 80.6 Å². The summed E-state index contributed by atoms with van der Waals surface area (Å²) in [6.07, 6.45) is -0.555. The molecule has 3 rings (SSSR count). The highest BCUT2D eigenvalue weighted by atomic mass is 79.9. The van der Waals surface area contributed by atoms with Crippen LogP contribution in [0.25, 0.3) is 11.0 Å². The maximum absolute atomic E-state index is 12.5. The fraction of sp³-hybridized carbons (Fsp3) is 0.111. The van der Waals surface area contributed by atoms with Crippen molar-refractivity contribution in [2.45, 2.75) is 6.92 Å². The Hall–Kier alpha value is -2.80. The van der Waals surface area contributed by atoms with E-state index in [-0.39, 0.29) is 11.7 Å². The first-order valence-electron chi connectivity index (χ1n) is 7.43. The van der Waals surface area contributed by atoms with E-state index in [9.17, 15) is 9.59 Å². The van der Waals surface area contributed by atoms with Crippen molar-refractivity contribution in [1.82, 2.24) is 0 Å². The van der Waals surface area contributed by atoms with Crippen molar-refractivity contribution < 1.29 is 18.7 Å². The van der Waals surface area contributed by atoms with Gasteiger partial charge in [0, 0.05) is 26.8 Å². The number of benzene rings is 2. The Morgan fingerprint density at radius 2 is 1.68 bits per heavy atom. The normalized spacial score (nSPS) is 10.5. The number of hydrogen-bond donors (Lipinski definition) is 2.